The molecule has 3 N–H and O–H groups in total. The maximum atomic E-state index is 12.5. The molecule has 29 heavy (non-hydrogen) atoms. The van der Waals surface area contributed by atoms with E-state index in [1.54, 1.807) is 42.5 Å². The molecule has 0 aliphatic carbocycles. The molecule has 146 valence electrons. The molecule has 2 heterocycles. The third-order valence-electron chi connectivity index (χ3n) is 3.98. The van der Waals surface area contributed by atoms with E-state index in [1.807, 2.05) is 0 Å². The highest BCUT2D eigenvalue weighted by molar-refractivity contribution is 6.03. The van der Waals surface area contributed by atoms with Gasteiger partial charge in [0.15, 0.2) is 11.5 Å². The molecule has 0 atom stereocenters. The second kappa shape index (κ2) is 7.85. The highest BCUT2D eigenvalue weighted by atomic mass is 16.7. The summed E-state index contributed by atoms with van der Waals surface area (Å²) in [4.78, 5) is 32.0. The average Bonchev–Trinajstić information content (AvgIpc) is 3.17. The van der Waals surface area contributed by atoms with Crippen molar-refractivity contribution in [2.45, 2.75) is 6.92 Å². The third kappa shape index (κ3) is 4.41. The maximum absolute atomic E-state index is 12.5. The molecule has 0 saturated heterocycles. The lowest BCUT2D eigenvalue weighted by atomic mass is 10.2. The van der Waals surface area contributed by atoms with Crippen LogP contribution >= 0.6 is 0 Å². The van der Waals surface area contributed by atoms with Crippen molar-refractivity contribution in [2.24, 2.45) is 0 Å². The summed E-state index contributed by atoms with van der Waals surface area (Å²) in [6.45, 7) is 1.62. The molecule has 4 rings (SSSR count). The Balaban J connectivity index is 1.43. The molecule has 1 aromatic heterocycles. The third-order valence-corrected chi connectivity index (χ3v) is 3.98. The summed E-state index contributed by atoms with van der Waals surface area (Å²) >= 11 is 0. The van der Waals surface area contributed by atoms with E-state index in [-0.39, 0.29) is 30.2 Å². The number of aromatic nitrogens is 2. The van der Waals surface area contributed by atoms with Crippen LogP contribution in [0.25, 0.3) is 0 Å². The summed E-state index contributed by atoms with van der Waals surface area (Å²) in [7, 11) is 0. The lowest BCUT2D eigenvalue weighted by Gasteiger charge is -2.09. The van der Waals surface area contributed by atoms with E-state index < -0.39 is 0 Å². The average molecular weight is 391 g/mol. The molecule has 2 aromatic carbocycles. The quantitative estimate of drug-likeness (QED) is 0.612. The largest absolute Gasteiger partial charge is 0.454 e. The number of hydrogen-bond donors (Lipinski definition) is 3. The normalized spacial score (nSPS) is 11.6. The predicted octanol–water partition coefficient (Wildman–Crippen LogP) is 3.16. The summed E-state index contributed by atoms with van der Waals surface area (Å²) in [5.74, 6) is 1.04. The van der Waals surface area contributed by atoms with Crippen LogP contribution in [0.5, 0.6) is 11.5 Å². The molecule has 0 spiro atoms. The zero-order valence-corrected chi connectivity index (χ0v) is 15.4. The number of ether oxygens (including phenoxy) is 2. The Hall–Kier alpha value is -4.14. The Morgan fingerprint density at radius 3 is 2.34 bits per heavy atom. The topological polar surface area (TPSA) is 114 Å². The second-order valence-corrected chi connectivity index (χ2v) is 6.17. The summed E-state index contributed by atoms with van der Waals surface area (Å²) in [6.07, 6.45) is 1.50. The summed E-state index contributed by atoms with van der Waals surface area (Å²) in [6, 6.07) is 13.7. The van der Waals surface area contributed by atoms with E-state index in [0.29, 0.717) is 28.6 Å². The molecule has 0 unspecified atom stereocenters. The standard InChI is InChI=1S/C20H17N5O4/c1-12(26)22-13-2-4-14(5-3-13)23-19(27)16-8-9-21-20(25-16)24-15-6-7-17-18(10-15)29-11-28-17/h2-10H,11H2,1H3,(H,22,26)(H,23,27)(H,21,24,25). The van der Waals surface area contributed by atoms with Crippen LogP contribution in [0.3, 0.4) is 0 Å². The Kier molecular flexibility index (Phi) is 4.93. The lowest BCUT2D eigenvalue weighted by molar-refractivity contribution is -0.114. The van der Waals surface area contributed by atoms with Crippen molar-refractivity contribution in [1.29, 1.82) is 0 Å². The minimum Gasteiger partial charge on any atom is -0.454 e. The van der Waals surface area contributed by atoms with Gasteiger partial charge in [-0.1, -0.05) is 0 Å². The van der Waals surface area contributed by atoms with Crippen LogP contribution in [0.1, 0.15) is 17.4 Å². The molecule has 3 aromatic rings. The fourth-order valence-corrected chi connectivity index (χ4v) is 2.68. The number of nitrogens with zero attached hydrogens (tertiary/aromatic N) is 2. The van der Waals surface area contributed by atoms with Gasteiger partial charge >= 0.3 is 0 Å². The van der Waals surface area contributed by atoms with E-state index in [4.69, 9.17) is 9.47 Å². The first-order valence-corrected chi connectivity index (χ1v) is 8.75. The molecule has 9 heteroatoms. The molecule has 0 bridgehead atoms. The van der Waals surface area contributed by atoms with Crippen LogP contribution in [-0.4, -0.2) is 28.6 Å². The molecular weight excluding hydrogens is 374 g/mol. The molecule has 2 amide bonds. The Labute approximate surface area is 166 Å². The van der Waals surface area contributed by atoms with Crippen molar-refractivity contribution in [3.8, 4) is 11.5 Å². The maximum Gasteiger partial charge on any atom is 0.274 e. The monoisotopic (exact) mass is 391 g/mol. The van der Waals surface area contributed by atoms with E-state index >= 15 is 0 Å². The van der Waals surface area contributed by atoms with E-state index in [2.05, 4.69) is 25.9 Å². The number of carbonyl (C=O) groups excluding carboxylic acids is 2. The molecule has 0 radical (unpaired) electrons. The molecule has 0 saturated carbocycles. The molecule has 9 nitrogen and oxygen atoms in total. The van der Waals surface area contributed by atoms with Gasteiger partial charge in [0.2, 0.25) is 18.6 Å². The van der Waals surface area contributed by atoms with Gasteiger partial charge in [0, 0.05) is 36.2 Å². The van der Waals surface area contributed by atoms with Crippen molar-refractivity contribution in [3.05, 3.63) is 60.4 Å². The van der Waals surface area contributed by atoms with Gasteiger partial charge in [-0.25, -0.2) is 9.97 Å². The number of rotatable bonds is 5. The van der Waals surface area contributed by atoms with Crippen molar-refractivity contribution in [3.63, 3.8) is 0 Å². The minimum absolute atomic E-state index is 0.162. The number of benzene rings is 2. The van der Waals surface area contributed by atoms with Gasteiger partial charge in [0.05, 0.1) is 0 Å². The number of anilines is 4. The van der Waals surface area contributed by atoms with Crippen LogP contribution < -0.4 is 25.4 Å². The first-order chi connectivity index (χ1) is 14.1. The molecular formula is C20H17N5O4. The van der Waals surface area contributed by atoms with Gasteiger partial charge in [0.1, 0.15) is 5.69 Å². The van der Waals surface area contributed by atoms with Gasteiger partial charge in [-0.15, -0.1) is 0 Å². The van der Waals surface area contributed by atoms with Crippen molar-refractivity contribution in [2.75, 3.05) is 22.7 Å². The smallest absolute Gasteiger partial charge is 0.274 e. The molecule has 1 aliphatic rings. The number of nitrogens with one attached hydrogen (secondary N) is 3. The summed E-state index contributed by atoms with van der Waals surface area (Å²) < 4.78 is 10.6. The van der Waals surface area contributed by atoms with Crippen LogP contribution in [-0.2, 0) is 4.79 Å². The first kappa shape index (κ1) is 18.2. The Morgan fingerprint density at radius 2 is 1.59 bits per heavy atom. The summed E-state index contributed by atoms with van der Waals surface area (Å²) in [5, 5.41) is 8.46. The van der Waals surface area contributed by atoms with Gasteiger partial charge in [-0.2, -0.15) is 0 Å². The molecule has 1 aliphatic heterocycles. The first-order valence-electron chi connectivity index (χ1n) is 8.75. The SMILES string of the molecule is CC(=O)Nc1ccc(NC(=O)c2ccnc(Nc3ccc4c(c3)OCO4)n2)cc1. The van der Waals surface area contributed by atoms with Crippen molar-refractivity contribution >= 4 is 34.8 Å². The van der Waals surface area contributed by atoms with Crippen LogP contribution in [0, 0.1) is 0 Å². The number of hydrogen-bond acceptors (Lipinski definition) is 7. The van der Waals surface area contributed by atoms with Gasteiger partial charge < -0.3 is 25.4 Å². The summed E-state index contributed by atoms with van der Waals surface area (Å²) in [5.41, 5.74) is 2.13. The minimum atomic E-state index is -0.381. The zero-order valence-electron chi connectivity index (χ0n) is 15.4. The number of fused-ring (bicyclic) bond motifs is 1. The van der Waals surface area contributed by atoms with Gasteiger partial charge in [-0.3, -0.25) is 9.59 Å². The Bertz CT molecular complexity index is 1070. The second-order valence-electron chi connectivity index (χ2n) is 6.17. The molecule has 0 fully saturated rings. The van der Waals surface area contributed by atoms with E-state index in [1.165, 1.54) is 19.2 Å². The van der Waals surface area contributed by atoms with Gasteiger partial charge in [0.25, 0.3) is 5.91 Å². The zero-order chi connectivity index (χ0) is 20.2. The number of amides is 2. The van der Waals surface area contributed by atoms with Crippen LogP contribution in [0.4, 0.5) is 23.0 Å². The van der Waals surface area contributed by atoms with Crippen LogP contribution in [0.2, 0.25) is 0 Å². The highest BCUT2D eigenvalue weighted by Gasteiger charge is 2.14. The van der Waals surface area contributed by atoms with E-state index in [9.17, 15) is 9.59 Å². The highest BCUT2D eigenvalue weighted by Crippen LogP contribution is 2.34. The van der Waals surface area contributed by atoms with Crippen molar-refractivity contribution in [1.82, 2.24) is 9.97 Å². The predicted molar refractivity (Wildman–Crippen MR) is 107 cm³/mol. The fraction of sp³-hybridized carbons (Fsp3) is 0.100. The van der Waals surface area contributed by atoms with E-state index in [0.717, 1.165) is 0 Å². The fourth-order valence-electron chi connectivity index (χ4n) is 2.68. The van der Waals surface area contributed by atoms with Crippen LogP contribution in [0.15, 0.2) is 54.7 Å². The Morgan fingerprint density at radius 1 is 0.897 bits per heavy atom. The van der Waals surface area contributed by atoms with Crippen molar-refractivity contribution < 1.29 is 19.1 Å². The number of carbonyl (C=O) groups is 2. The van der Waals surface area contributed by atoms with Gasteiger partial charge in [-0.05, 0) is 42.5 Å². The lowest BCUT2D eigenvalue weighted by Crippen LogP contribution is -2.15.